The molecule has 1 heterocycles. The van der Waals surface area contributed by atoms with Crippen LogP contribution in [0.4, 0.5) is 0 Å². The van der Waals surface area contributed by atoms with E-state index in [2.05, 4.69) is 0 Å². The molecule has 0 aliphatic carbocycles. The Hall–Kier alpha value is -2.20. The largest absolute Gasteiger partial charge is 0.508 e. The third kappa shape index (κ3) is 2.67. The highest BCUT2D eigenvalue weighted by molar-refractivity contribution is 6.32. The summed E-state index contributed by atoms with van der Waals surface area (Å²) in [6.07, 6.45) is 0.757. The molecule has 1 aliphatic rings. The number of rotatable bonds is 1. The number of carbonyl (C=O) groups excluding carboxylic acids is 1. The molecule has 5 heteroatoms. The van der Waals surface area contributed by atoms with Crippen LogP contribution in [0.25, 0.3) is 0 Å². The first-order valence-electron chi connectivity index (χ1n) is 6.63. The van der Waals surface area contributed by atoms with E-state index < -0.39 is 0 Å². The van der Waals surface area contributed by atoms with Crippen LogP contribution in [0.1, 0.15) is 21.5 Å². The van der Waals surface area contributed by atoms with Gasteiger partial charge in [0.05, 0.1) is 5.02 Å². The van der Waals surface area contributed by atoms with E-state index in [1.54, 1.807) is 23.1 Å². The smallest absolute Gasteiger partial charge is 0.254 e. The van der Waals surface area contributed by atoms with Crippen LogP contribution >= 0.6 is 11.6 Å². The molecule has 1 amide bonds. The molecule has 4 nitrogen and oxygen atoms in total. The van der Waals surface area contributed by atoms with Crippen molar-refractivity contribution in [2.45, 2.75) is 13.0 Å². The Morgan fingerprint density at radius 2 is 1.90 bits per heavy atom. The van der Waals surface area contributed by atoms with Crippen molar-refractivity contribution in [1.82, 2.24) is 4.90 Å². The molecule has 0 spiro atoms. The van der Waals surface area contributed by atoms with E-state index in [0.717, 1.165) is 17.5 Å². The van der Waals surface area contributed by atoms with Gasteiger partial charge < -0.3 is 15.1 Å². The Balaban J connectivity index is 1.85. The van der Waals surface area contributed by atoms with Gasteiger partial charge in [-0.3, -0.25) is 4.79 Å². The molecule has 108 valence electrons. The van der Waals surface area contributed by atoms with Gasteiger partial charge in [-0.2, -0.15) is 0 Å². The molecule has 0 radical (unpaired) electrons. The molecule has 0 bridgehead atoms. The second-order valence-electron chi connectivity index (χ2n) is 5.10. The number of phenols is 2. The average molecular weight is 304 g/mol. The fraction of sp³-hybridized carbons (Fsp3) is 0.188. The maximum Gasteiger partial charge on any atom is 0.254 e. The molecule has 0 unspecified atom stereocenters. The standard InChI is InChI=1S/C16H14ClNO3/c17-14-8-11(2-4-15(14)20)16(21)18-6-5-10-1-3-13(19)7-12(10)9-18/h1-4,7-8,19-20H,5-6,9H2. The number of fused-ring (bicyclic) bond motifs is 1. The van der Waals surface area contributed by atoms with E-state index in [-0.39, 0.29) is 22.4 Å². The number of carbonyl (C=O) groups is 1. The van der Waals surface area contributed by atoms with Gasteiger partial charge in [0.1, 0.15) is 11.5 Å². The zero-order valence-electron chi connectivity index (χ0n) is 11.2. The maximum atomic E-state index is 12.5. The third-order valence-corrected chi connectivity index (χ3v) is 3.99. The maximum absolute atomic E-state index is 12.5. The van der Waals surface area contributed by atoms with E-state index in [1.807, 2.05) is 6.07 Å². The van der Waals surface area contributed by atoms with E-state index >= 15 is 0 Å². The van der Waals surface area contributed by atoms with Crippen LogP contribution in [0.5, 0.6) is 11.5 Å². The van der Waals surface area contributed by atoms with Crippen LogP contribution in [0.2, 0.25) is 5.02 Å². The topological polar surface area (TPSA) is 60.8 Å². The minimum Gasteiger partial charge on any atom is -0.508 e. The molecule has 0 saturated heterocycles. The molecule has 2 aromatic carbocycles. The van der Waals surface area contributed by atoms with Gasteiger partial charge in [-0.15, -0.1) is 0 Å². The highest BCUT2D eigenvalue weighted by Gasteiger charge is 2.22. The lowest BCUT2D eigenvalue weighted by Crippen LogP contribution is -2.35. The third-order valence-electron chi connectivity index (χ3n) is 3.68. The van der Waals surface area contributed by atoms with Crippen LogP contribution in [0.3, 0.4) is 0 Å². The summed E-state index contributed by atoms with van der Waals surface area (Å²) in [7, 11) is 0. The van der Waals surface area contributed by atoms with Crippen molar-refractivity contribution in [2.24, 2.45) is 0 Å². The predicted molar refractivity (Wildman–Crippen MR) is 79.7 cm³/mol. The summed E-state index contributed by atoms with van der Waals surface area (Å²) in [5.41, 5.74) is 2.56. The lowest BCUT2D eigenvalue weighted by molar-refractivity contribution is 0.0734. The number of halogens is 1. The monoisotopic (exact) mass is 303 g/mol. The summed E-state index contributed by atoms with van der Waals surface area (Å²) >= 11 is 5.84. The Bertz CT molecular complexity index is 715. The van der Waals surface area contributed by atoms with E-state index in [4.69, 9.17) is 11.6 Å². The molecule has 0 atom stereocenters. The number of hydrogen-bond acceptors (Lipinski definition) is 3. The SMILES string of the molecule is O=C(c1ccc(O)c(Cl)c1)N1CCc2ccc(O)cc2C1. The molecular formula is C16H14ClNO3. The number of aromatic hydroxyl groups is 2. The van der Waals surface area contributed by atoms with Crippen LogP contribution in [0.15, 0.2) is 36.4 Å². The molecule has 0 fully saturated rings. The first kappa shape index (κ1) is 13.8. The summed E-state index contributed by atoms with van der Waals surface area (Å²) in [6, 6.07) is 9.69. The van der Waals surface area contributed by atoms with Crippen molar-refractivity contribution in [2.75, 3.05) is 6.54 Å². The van der Waals surface area contributed by atoms with E-state index in [0.29, 0.717) is 18.7 Å². The van der Waals surface area contributed by atoms with Gasteiger partial charge in [0.2, 0.25) is 0 Å². The van der Waals surface area contributed by atoms with E-state index in [1.165, 1.54) is 12.1 Å². The fourth-order valence-electron chi connectivity index (χ4n) is 2.54. The van der Waals surface area contributed by atoms with Gasteiger partial charge >= 0.3 is 0 Å². The Morgan fingerprint density at radius 3 is 2.67 bits per heavy atom. The fourth-order valence-corrected chi connectivity index (χ4v) is 2.72. The van der Waals surface area contributed by atoms with Gasteiger partial charge in [0.15, 0.2) is 0 Å². The van der Waals surface area contributed by atoms with Crippen molar-refractivity contribution in [3.63, 3.8) is 0 Å². The first-order valence-corrected chi connectivity index (χ1v) is 7.01. The van der Waals surface area contributed by atoms with Crippen molar-refractivity contribution >= 4 is 17.5 Å². The minimum absolute atomic E-state index is 0.0397. The van der Waals surface area contributed by atoms with Gasteiger partial charge in [-0.05, 0) is 47.9 Å². The summed E-state index contributed by atoms with van der Waals surface area (Å²) < 4.78 is 0. The number of hydrogen-bond donors (Lipinski definition) is 2. The minimum atomic E-state index is -0.133. The van der Waals surface area contributed by atoms with Crippen molar-refractivity contribution in [1.29, 1.82) is 0 Å². The van der Waals surface area contributed by atoms with Crippen molar-refractivity contribution < 1.29 is 15.0 Å². The van der Waals surface area contributed by atoms with Gasteiger partial charge in [-0.1, -0.05) is 17.7 Å². The molecule has 0 saturated carbocycles. The molecule has 21 heavy (non-hydrogen) atoms. The zero-order valence-corrected chi connectivity index (χ0v) is 12.0. The molecule has 2 aromatic rings. The van der Waals surface area contributed by atoms with Gasteiger partial charge in [-0.25, -0.2) is 0 Å². The Morgan fingerprint density at radius 1 is 1.10 bits per heavy atom. The highest BCUT2D eigenvalue weighted by Crippen LogP contribution is 2.27. The number of nitrogens with zero attached hydrogens (tertiary/aromatic N) is 1. The number of amides is 1. The second kappa shape index (κ2) is 5.30. The lowest BCUT2D eigenvalue weighted by atomic mass is 9.99. The summed E-state index contributed by atoms with van der Waals surface area (Å²) in [4.78, 5) is 14.2. The summed E-state index contributed by atoms with van der Waals surface area (Å²) in [6.45, 7) is 1.08. The predicted octanol–water partition coefficient (Wildman–Crippen LogP) is 2.95. The van der Waals surface area contributed by atoms with Gasteiger partial charge in [0, 0.05) is 18.7 Å². The van der Waals surface area contributed by atoms with Gasteiger partial charge in [0.25, 0.3) is 5.91 Å². The average Bonchev–Trinajstić information content (AvgIpc) is 2.48. The normalized spacial score (nSPS) is 13.9. The van der Waals surface area contributed by atoms with Crippen LogP contribution < -0.4 is 0 Å². The molecule has 1 aliphatic heterocycles. The molecule has 0 aromatic heterocycles. The zero-order chi connectivity index (χ0) is 15.0. The molecule has 3 rings (SSSR count). The second-order valence-corrected chi connectivity index (χ2v) is 5.50. The molecular weight excluding hydrogens is 290 g/mol. The quantitative estimate of drug-likeness (QED) is 0.851. The Labute approximate surface area is 127 Å². The van der Waals surface area contributed by atoms with Crippen molar-refractivity contribution in [3.8, 4) is 11.5 Å². The Kier molecular flexibility index (Phi) is 3.47. The lowest BCUT2D eigenvalue weighted by Gasteiger charge is -2.29. The molecule has 2 N–H and O–H groups in total. The van der Waals surface area contributed by atoms with Crippen LogP contribution in [0, 0.1) is 0 Å². The summed E-state index contributed by atoms with van der Waals surface area (Å²) in [5, 5.41) is 19.1. The first-order chi connectivity index (χ1) is 10.0. The summed E-state index contributed by atoms with van der Waals surface area (Å²) in [5.74, 6) is 0.0312. The van der Waals surface area contributed by atoms with Crippen molar-refractivity contribution in [3.05, 3.63) is 58.1 Å². The van der Waals surface area contributed by atoms with E-state index in [9.17, 15) is 15.0 Å². The van der Waals surface area contributed by atoms with Crippen LogP contribution in [-0.2, 0) is 13.0 Å². The number of phenolic OH excluding ortho intramolecular Hbond substituents is 2. The highest BCUT2D eigenvalue weighted by atomic mass is 35.5. The van der Waals surface area contributed by atoms with Crippen LogP contribution in [-0.4, -0.2) is 27.6 Å². The number of benzene rings is 2.